The topological polar surface area (TPSA) is 143 Å². The zero-order valence-corrected chi connectivity index (χ0v) is 23.1. The molecule has 0 aliphatic rings. The largest absolute Gasteiger partial charge is 0.460 e. The number of hydrogen-bond donors (Lipinski definition) is 3. The van der Waals surface area contributed by atoms with Crippen molar-refractivity contribution in [2.75, 3.05) is 62.4 Å². The molecule has 11 nitrogen and oxygen atoms in total. The van der Waals surface area contributed by atoms with Crippen LogP contribution >= 0.6 is 0 Å². The van der Waals surface area contributed by atoms with Crippen LogP contribution in [0.25, 0.3) is 0 Å². The highest BCUT2D eigenvalue weighted by Gasteiger charge is 2.09. The molecule has 0 atom stereocenters. The van der Waals surface area contributed by atoms with E-state index in [-0.39, 0.29) is 26.4 Å². The first kappa shape index (κ1) is 31.1. The van der Waals surface area contributed by atoms with Crippen LogP contribution < -0.4 is 9.80 Å². The van der Waals surface area contributed by atoms with Gasteiger partial charge in [0, 0.05) is 36.6 Å². The second-order valence-electron chi connectivity index (χ2n) is 9.01. The van der Waals surface area contributed by atoms with Gasteiger partial charge in [0.15, 0.2) is 0 Å². The Morgan fingerprint density at radius 3 is 1.27 bits per heavy atom. The van der Waals surface area contributed by atoms with Crippen LogP contribution in [-0.2, 0) is 9.53 Å². The van der Waals surface area contributed by atoms with Crippen molar-refractivity contribution in [2.24, 2.45) is 20.5 Å². The molecule has 3 aromatic carbocycles. The molecule has 0 amide bonds. The number of nitrogens with zero attached hydrogens (tertiary/aromatic N) is 6. The Morgan fingerprint density at radius 1 is 0.634 bits per heavy atom. The van der Waals surface area contributed by atoms with Gasteiger partial charge in [0.1, 0.15) is 6.61 Å². The molecule has 0 unspecified atom stereocenters. The Bertz CT molecular complexity index is 1290. The van der Waals surface area contributed by atoms with Gasteiger partial charge in [-0.05, 0) is 79.7 Å². The van der Waals surface area contributed by atoms with Crippen molar-refractivity contribution in [1.82, 2.24) is 0 Å². The van der Waals surface area contributed by atoms with E-state index in [1.165, 1.54) is 0 Å². The summed E-state index contributed by atoms with van der Waals surface area (Å²) in [5.41, 5.74) is 4.76. The lowest BCUT2D eigenvalue weighted by Crippen LogP contribution is -2.31. The average Bonchev–Trinajstić information content (AvgIpc) is 2.99. The van der Waals surface area contributed by atoms with Gasteiger partial charge in [-0.25, -0.2) is 4.79 Å². The number of hydrogen-bond acceptors (Lipinski definition) is 11. The SMILES string of the molecule is C=C(C)C(=O)OCCN(CCO)c1ccc(N=Nc2ccc(N=Nc3ccc(N(CCO)CCO)cc3)cc2)cc1. The van der Waals surface area contributed by atoms with Gasteiger partial charge in [-0.15, -0.1) is 0 Å². The Labute approximate surface area is 239 Å². The Morgan fingerprint density at radius 2 is 0.951 bits per heavy atom. The van der Waals surface area contributed by atoms with Gasteiger partial charge in [0.25, 0.3) is 0 Å². The lowest BCUT2D eigenvalue weighted by molar-refractivity contribution is -0.138. The first-order valence-corrected chi connectivity index (χ1v) is 13.2. The third-order valence-electron chi connectivity index (χ3n) is 5.89. The van der Waals surface area contributed by atoms with Crippen LogP contribution in [0, 0.1) is 0 Å². The zero-order chi connectivity index (χ0) is 29.5. The minimum Gasteiger partial charge on any atom is -0.460 e. The van der Waals surface area contributed by atoms with Gasteiger partial charge >= 0.3 is 5.97 Å². The standard InChI is InChI=1S/C30H36N6O5/c1-23(2)30(40)41-22-18-36(17-21-39)29-13-9-27(10-14-29)34-32-25-5-3-24(4-6-25)31-33-26-7-11-28(12-8-26)35(15-19-37)16-20-38/h3-14,37-39H,1,15-22H2,2H3. The van der Waals surface area contributed by atoms with E-state index in [2.05, 4.69) is 27.0 Å². The first-order chi connectivity index (χ1) is 19.9. The summed E-state index contributed by atoms with van der Waals surface area (Å²) in [4.78, 5) is 15.4. The van der Waals surface area contributed by atoms with Crippen LogP contribution in [0.15, 0.2) is 105 Å². The molecule has 3 rings (SSSR count). The highest BCUT2D eigenvalue weighted by atomic mass is 16.5. The third kappa shape index (κ3) is 10.2. The summed E-state index contributed by atoms with van der Waals surface area (Å²) < 4.78 is 5.16. The van der Waals surface area contributed by atoms with Gasteiger partial charge in [-0.3, -0.25) is 0 Å². The molecule has 3 N–H and O–H groups in total. The molecule has 0 saturated heterocycles. The van der Waals surface area contributed by atoms with Crippen molar-refractivity contribution in [3.05, 3.63) is 84.9 Å². The number of benzene rings is 3. The van der Waals surface area contributed by atoms with Crippen molar-refractivity contribution in [2.45, 2.75) is 6.92 Å². The Kier molecular flexibility index (Phi) is 12.6. The number of aliphatic hydroxyl groups excluding tert-OH is 3. The van der Waals surface area contributed by atoms with Crippen molar-refractivity contribution in [3.63, 3.8) is 0 Å². The molecule has 0 aliphatic heterocycles. The molecule has 0 fully saturated rings. The molecule has 3 aromatic rings. The fraction of sp³-hybridized carbons (Fsp3) is 0.300. The van der Waals surface area contributed by atoms with E-state index >= 15 is 0 Å². The van der Waals surface area contributed by atoms with E-state index < -0.39 is 5.97 Å². The van der Waals surface area contributed by atoms with Crippen molar-refractivity contribution in [3.8, 4) is 0 Å². The quantitative estimate of drug-likeness (QED) is 0.124. The summed E-state index contributed by atoms with van der Waals surface area (Å²) in [5.74, 6) is -0.437. The number of anilines is 2. The molecule has 0 aliphatic carbocycles. The van der Waals surface area contributed by atoms with Gasteiger partial charge in [0.05, 0.1) is 49.1 Å². The first-order valence-electron chi connectivity index (χ1n) is 13.2. The molecule has 11 heteroatoms. The van der Waals surface area contributed by atoms with Gasteiger partial charge in [-0.1, -0.05) is 6.58 Å². The monoisotopic (exact) mass is 560 g/mol. The molecule has 41 heavy (non-hydrogen) atoms. The number of carbonyl (C=O) groups is 1. The zero-order valence-electron chi connectivity index (χ0n) is 23.1. The summed E-state index contributed by atoms with van der Waals surface area (Å²) in [5, 5.41) is 44.9. The second kappa shape index (κ2) is 16.6. The molecule has 216 valence electrons. The fourth-order valence-electron chi connectivity index (χ4n) is 3.75. The van der Waals surface area contributed by atoms with Gasteiger partial charge in [0.2, 0.25) is 0 Å². The smallest absolute Gasteiger partial charge is 0.333 e. The van der Waals surface area contributed by atoms with Crippen LogP contribution in [-0.4, -0.2) is 73.9 Å². The maximum Gasteiger partial charge on any atom is 0.333 e. The maximum atomic E-state index is 11.6. The lowest BCUT2D eigenvalue weighted by atomic mass is 10.2. The molecule has 0 aromatic heterocycles. The molecular formula is C30H36N6O5. The van der Waals surface area contributed by atoms with E-state index in [4.69, 9.17) is 4.74 Å². The number of rotatable bonds is 16. The molecule has 0 heterocycles. The van der Waals surface area contributed by atoms with E-state index in [0.29, 0.717) is 54.5 Å². The number of carbonyl (C=O) groups excluding carboxylic acids is 1. The maximum absolute atomic E-state index is 11.6. The van der Waals surface area contributed by atoms with Crippen LogP contribution in [0.2, 0.25) is 0 Å². The predicted octanol–water partition coefficient (Wildman–Crippen LogP) is 5.23. The van der Waals surface area contributed by atoms with E-state index in [9.17, 15) is 20.1 Å². The highest BCUT2D eigenvalue weighted by molar-refractivity contribution is 5.86. The molecular weight excluding hydrogens is 524 g/mol. The van der Waals surface area contributed by atoms with Crippen molar-refractivity contribution < 1.29 is 24.9 Å². The summed E-state index contributed by atoms with van der Waals surface area (Å²) in [6, 6.07) is 22.0. The van der Waals surface area contributed by atoms with E-state index in [1.807, 2.05) is 58.3 Å². The van der Waals surface area contributed by atoms with Crippen molar-refractivity contribution >= 4 is 40.1 Å². The fourth-order valence-corrected chi connectivity index (χ4v) is 3.75. The van der Waals surface area contributed by atoms with Crippen molar-refractivity contribution in [1.29, 1.82) is 0 Å². The minimum absolute atomic E-state index is 0.00520. The summed E-state index contributed by atoms with van der Waals surface area (Å²) >= 11 is 0. The minimum atomic E-state index is -0.437. The Balaban J connectivity index is 1.55. The van der Waals surface area contributed by atoms with Crippen LogP contribution in [0.5, 0.6) is 0 Å². The average molecular weight is 561 g/mol. The summed E-state index contributed by atoms with van der Waals surface area (Å²) in [6.07, 6.45) is 0. The Hall–Kier alpha value is -4.45. The number of aliphatic hydroxyl groups is 3. The summed E-state index contributed by atoms with van der Waals surface area (Å²) in [6.45, 7) is 7.04. The van der Waals surface area contributed by atoms with E-state index in [0.717, 1.165) is 11.4 Å². The van der Waals surface area contributed by atoms with Gasteiger partial charge < -0.3 is 29.9 Å². The van der Waals surface area contributed by atoms with E-state index in [1.54, 1.807) is 31.2 Å². The lowest BCUT2D eigenvalue weighted by Gasteiger charge is -2.23. The van der Waals surface area contributed by atoms with Crippen LogP contribution in [0.1, 0.15) is 6.92 Å². The van der Waals surface area contributed by atoms with Crippen LogP contribution in [0.4, 0.5) is 34.1 Å². The normalized spacial score (nSPS) is 11.2. The predicted molar refractivity (Wildman–Crippen MR) is 159 cm³/mol. The summed E-state index contributed by atoms with van der Waals surface area (Å²) in [7, 11) is 0. The molecule has 0 saturated carbocycles. The molecule has 0 bridgehead atoms. The van der Waals surface area contributed by atoms with Crippen LogP contribution in [0.3, 0.4) is 0 Å². The third-order valence-corrected chi connectivity index (χ3v) is 5.89. The second-order valence-corrected chi connectivity index (χ2v) is 9.01. The van der Waals surface area contributed by atoms with Gasteiger partial charge in [-0.2, -0.15) is 20.5 Å². The highest BCUT2D eigenvalue weighted by Crippen LogP contribution is 2.26. The molecule has 0 radical (unpaired) electrons. The number of azo groups is 2. The molecule has 0 spiro atoms. The number of esters is 1. The number of ether oxygens (including phenoxy) is 1.